The summed E-state index contributed by atoms with van der Waals surface area (Å²) in [6, 6.07) is 15.7. The summed E-state index contributed by atoms with van der Waals surface area (Å²) in [5.41, 5.74) is -0.982. The third kappa shape index (κ3) is 3.28. The van der Waals surface area contributed by atoms with Crippen LogP contribution in [0.1, 0.15) is 29.2 Å². The van der Waals surface area contributed by atoms with Gasteiger partial charge in [0.15, 0.2) is 5.41 Å². The van der Waals surface area contributed by atoms with Gasteiger partial charge in [0, 0.05) is 11.3 Å². The van der Waals surface area contributed by atoms with Crippen LogP contribution in [-0.2, 0) is 23.9 Å². The van der Waals surface area contributed by atoms with E-state index in [4.69, 9.17) is 18.7 Å². The fraction of sp³-hybridized carbons (Fsp3) is 0.273. The smallest absolute Gasteiger partial charge is 0.326 e. The Kier molecular flexibility index (Phi) is 5.61. The first-order valence-electron chi connectivity index (χ1n) is 9.36. The first-order chi connectivity index (χ1) is 14.6. The molecule has 0 spiro atoms. The van der Waals surface area contributed by atoms with Gasteiger partial charge in [-0.3, -0.25) is 14.4 Å². The van der Waals surface area contributed by atoms with Crippen molar-refractivity contribution in [3.8, 4) is 0 Å². The number of carbonyl (C=O) groups is 2. The summed E-state index contributed by atoms with van der Waals surface area (Å²) in [7, 11) is 2.53. The highest BCUT2D eigenvalue weighted by molar-refractivity contribution is 7.10. The number of esters is 2. The predicted molar refractivity (Wildman–Crippen MR) is 110 cm³/mol. The van der Waals surface area contributed by atoms with E-state index < -0.39 is 29.5 Å². The van der Waals surface area contributed by atoms with Gasteiger partial charge >= 0.3 is 11.9 Å². The maximum atomic E-state index is 13.3. The van der Waals surface area contributed by atoms with E-state index in [1.54, 1.807) is 17.2 Å². The van der Waals surface area contributed by atoms with Crippen molar-refractivity contribution in [2.45, 2.75) is 18.6 Å². The first-order valence-corrected chi connectivity index (χ1v) is 10.2. The van der Waals surface area contributed by atoms with Crippen LogP contribution in [0.5, 0.6) is 0 Å². The zero-order chi connectivity index (χ0) is 21.1. The molecule has 2 aromatic heterocycles. The molecular formula is C22H21NO6S. The number of para-hydroxylation sites is 1. The van der Waals surface area contributed by atoms with Crippen molar-refractivity contribution in [3.63, 3.8) is 0 Å². The maximum absolute atomic E-state index is 13.3. The standard InChI is InChI=1S/C22H21NO6S/c1-26-20(24)22(21(25)27-2)14-17(16-10-6-12-28-16)29-23(15-8-4-3-5-9-15)19(22)18-11-7-13-30-18/h3-13,17,19H,14H2,1-2H3/t17-,19-/m1/s1. The number of benzene rings is 1. The number of methoxy groups -OCH3 is 2. The largest absolute Gasteiger partial charge is 0.468 e. The van der Waals surface area contributed by atoms with Crippen molar-refractivity contribution >= 4 is 29.0 Å². The molecule has 7 nitrogen and oxygen atoms in total. The van der Waals surface area contributed by atoms with Crippen LogP contribution in [0.25, 0.3) is 0 Å². The minimum atomic E-state index is -1.67. The van der Waals surface area contributed by atoms with E-state index in [0.29, 0.717) is 11.4 Å². The van der Waals surface area contributed by atoms with Crippen LogP contribution in [0.2, 0.25) is 0 Å². The van der Waals surface area contributed by atoms with Crippen molar-refractivity contribution in [2.24, 2.45) is 5.41 Å². The molecule has 1 aromatic carbocycles. The molecule has 8 heteroatoms. The van der Waals surface area contributed by atoms with Crippen LogP contribution >= 0.6 is 11.3 Å². The van der Waals surface area contributed by atoms with Gasteiger partial charge in [-0.15, -0.1) is 11.3 Å². The monoisotopic (exact) mass is 427 g/mol. The Morgan fingerprint density at radius 1 is 1.03 bits per heavy atom. The van der Waals surface area contributed by atoms with E-state index in [-0.39, 0.29) is 6.42 Å². The molecule has 0 amide bonds. The highest BCUT2D eigenvalue weighted by atomic mass is 32.1. The average molecular weight is 427 g/mol. The lowest BCUT2D eigenvalue weighted by Gasteiger charge is -2.48. The van der Waals surface area contributed by atoms with Crippen LogP contribution in [0.3, 0.4) is 0 Å². The van der Waals surface area contributed by atoms with Crippen LogP contribution in [0.15, 0.2) is 70.7 Å². The van der Waals surface area contributed by atoms with Crippen molar-refractivity contribution in [1.82, 2.24) is 0 Å². The van der Waals surface area contributed by atoms with Crippen molar-refractivity contribution < 1.29 is 28.3 Å². The molecule has 1 aliphatic rings. The van der Waals surface area contributed by atoms with Crippen LogP contribution < -0.4 is 5.06 Å². The zero-order valence-electron chi connectivity index (χ0n) is 16.5. The SMILES string of the molecule is COC(=O)C1(C(=O)OC)C[C@H](c2ccco2)ON(c2ccccc2)[C@@H]1c1cccs1. The molecule has 0 saturated carbocycles. The lowest BCUT2D eigenvalue weighted by Crippen LogP contribution is -2.56. The third-order valence-electron chi connectivity index (χ3n) is 5.23. The van der Waals surface area contributed by atoms with Gasteiger partial charge in [-0.2, -0.15) is 0 Å². The fourth-order valence-electron chi connectivity index (χ4n) is 3.89. The second kappa shape index (κ2) is 8.33. The number of hydroxylamine groups is 1. The van der Waals surface area contributed by atoms with Crippen LogP contribution in [0.4, 0.5) is 5.69 Å². The topological polar surface area (TPSA) is 78.2 Å². The van der Waals surface area contributed by atoms with E-state index in [1.807, 2.05) is 47.8 Å². The summed E-state index contributed by atoms with van der Waals surface area (Å²) in [5.74, 6) is -0.875. The number of thiophene rings is 1. The number of carbonyl (C=O) groups excluding carboxylic acids is 2. The van der Waals surface area contributed by atoms with E-state index in [2.05, 4.69) is 0 Å². The Labute approximate surface area is 177 Å². The predicted octanol–water partition coefficient (Wildman–Crippen LogP) is 4.30. The second-order valence-corrected chi connectivity index (χ2v) is 7.83. The molecule has 156 valence electrons. The number of furan rings is 1. The van der Waals surface area contributed by atoms with Gasteiger partial charge in [-0.25, -0.2) is 5.06 Å². The molecule has 1 fully saturated rings. The lowest BCUT2D eigenvalue weighted by atomic mass is 9.73. The second-order valence-electron chi connectivity index (χ2n) is 6.85. The molecule has 30 heavy (non-hydrogen) atoms. The molecule has 2 atom stereocenters. The maximum Gasteiger partial charge on any atom is 0.326 e. The summed E-state index contributed by atoms with van der Waals surface area (Å²) < 4.78 is 15.8. The molecule has 0 N–H and O–H groups in total. The van der Waals surface area contributed by atoms with Crippen LogP contribution in [-0.4, -0.2) is 26.2 Å². The Hall–Kier alpha value is -3.10. The van der Waals surface area contributed by atoms with Gasteiger partial charge < -0.3 is 13.9 Å². The molecule has 3 heterocycles. The molecule has 1 saturated heterocycles. The molecule has 0 bridgehead atoms. The Balaban J connectivity index is 1.95. The summed E-state index contributed by atoms with van der Waals surface area (Å²) in [6.45, 7) is 0. The minimum absolute atomic E-state index is 0.00571. The summed E-state index contributed by atoms with van der Waals surface area (Å²) in [5, 5.41) is 3.48. The van der Waals surface area contributed by atoms with E-state index >= 15 is 0 Å². The van der Waals surface area contributed by atoms with E-state index in [0.717, 1.165) is 4.88 Å². The van der Waals surface area contributed by atoms with Gasteiger partial charge in [0.1, 0.15) is 17.9 Å². The molecule has 4 rings (SSSR count). The van der Waals surface area contributed by atoms with Crippen LogP contribution in [0, 0.1) is 5.41 Å². The lowest BCUT2D eigenvalue weighted by molar-refractivity contribution is -0.187. The Morgan fingerprint density at radius 2 is 1.77 bits per heavy atom. The Morgan fingerprint density at radius 3 is 2.33 bits per heavy atom. The van der Waals surface area contributed by atoms with E-state index in [9.17, 15) is 9.59 Å². The van der Waals surface area contributed by atoms with Crippen molar-refractivity contribution in [3.05, 3.63) is 76.9 Å². The average Bonchev–Trinajstić information content (AvgIpc) is 3.52. The van der Waals surface area contributed by atoms with E-state index in [1.165, 1.54) is 31.8 Å². The molecular weight excluding hydrogens is 406 g/mol. The molecule has 3 aromatic rings. The zero-order valence-corrected chi connectivity index (χ0v) is 17.3. The highest BCUT2D eigenvalue weighted by Gasteiger charge is 2.63. The summed E-state index contributed by atoms with van der Waals surface area (Å²) >= 11 is 1.42. The first kappa shape index (κ1) is 20.2. The summed E-state index contributed by atoms with van der Waals surface area (Å²) in [6.07, 6.45) is 0.829. The molecule has 0 radical (unpaired) electrons. The highest BCUT2D eigenvalue weighted by Crippen LogP contribution is 2.54. The number of nitrogens with zero attached hydrogens (tertiary/aromatic N) is 1. The van der Waals surface area contributed by atoms with Gasteiger partial charge in [0.05, 0.1) is 26.2 Å². The van der Waals surface area contributed by atoms with Gasteiger partial charge in [-0.1, -0.05) is 24.3 Å². The van der Waals surface area contributed by atoms with Gasteiger partial charge in [-0.05, 0) is 35.7 Å². The van der Waals surface area contributed by atoms with Gasteiger partial charge in [0.25, 0.3) is 0 Å². The van der Waals surface area contributed by atoms with Crippen molar-refractivity contribution in [1.29, 1.82) is 0 Å². The molecule has 1 aliphatic heterocycles. The number of rotatable bonds is 5. The quantitative estimate of drug-likeness (QED) is 0.444. The number of anilines is 1. The van der Waals surface area contributed by atoms with Crippen molar-refractivity contribution in [2.75, 3.05) is 19.3 Å². The fourth-order valence-corrected chi connectivity index (χ4v) is 4.79. The normalized spacial score (nSPS) is 20.5. The molecule has 0 unspecified atom stereocenters. The Bertz CT molecular complexity index is 970. The summed E-state index contributed by atoms with van der Waals surface area (Å²) in [4.78, 5) is 33.6. The number of hydrogen-bond acceptors (Lipinski definition) is 8. The minimum Gasteiger partial charge on any atom is -0.468 e. The van der Waals surface area contributed by atoms with Gasteiger partial charge in [0.2, 0.25) is 0 Å². The molecule has 0 aliphatic carbocycles. The number of ether oxygens (including phenoxy) is 2. The third-order valence-corrected chi connectivity index (χ3v) is 6.16. The number of hydrogen-bond donors (Lipinski definition) is 0.